The maximum Gasteiger partial charge on any atom is 0.122 e. The number of hydrogen-bond acceptors (Lipinski definition) is 2. The van der Waals surface area contributed by atoms with Crippen LogP contribution in [0.4, 0.5) is 0 Å². The van der Waals surface area contributed by atoms with Crippen LogP contribution in [-0.4, -0.2) is 13.7 Å². The summed E-state index contributed by atoms with van der Waals surface area (Å²) < 4.78 is 5.30. The normalized spacial score (nSPS) is 10.5. The first-order chi connectivity index (χ1) is 7.69. The fourth-order valence-corrected chi connectivity index (χ4v) is 1.78. The quantitative estimate of drug-likeness (QED) is 0.745. The molecule has 0 bridgehead atoms. The van der Waals surface area contributed by atoms with Gasteiger partial charge in [-0.2, -0.15) is 0 Å². The van der Waals surface area contributed by atoms with E-state index in [1.165, 1.54) is 29.5 Å². The first-order valence-corrected chi connectivity index (χ1v) is 6.03. The SMILES string of the molecule is CCCCNCc1cc(C)c(OC)cc1C. The van der Waals surface area contributed by atoms with Gasteiger partial charge in [0.25, 0.3) is 0 Å². The lowest BCUT2D eigenvalue weighted by Crippen LogP contribution is -2.15. The highest BCUT2D eigenvalue weighted by molar-refractivity contribution is 5.41. The van der Waals surface area contributed by atoms with Gasteiger partial charge in [-0.25, -0.2) is 0 Å². The van der Waals surface area contributed by atoms with E-state index in [9.17, 15) is 0 Å². The number of ether oxygens (including phenoxy) is 1. The van der Waals surface area contributed by atoms with Crippen LogP contribution in [0.1, 0.15) is 36.5 Å². The van der Waals surface area contributed by atoms with Crippen LogP contribution in [0.15, 0.2) is 12.1 Å². The molecule has 0 aromatic heterocycles. The van der Waals surface area contributed by atoms with Gasteiger partial charge < -0.3 is 10.1 Å². The summed E-state index contributed by atoms with van der Waals surface area (Å²) in [6.07, 6.45) is 2.49. The number of nitrogens with one attached hydrogen (secondary N) is 1. The minimum atomic E-state index is 0.955. The molecule has 0 amide bonds. The average Bonchev–Trinajstić information content (AvgIpc) is 2.28. The van der Waals surface area contributed by atoms with Crippen molar-refractivity contribution < 1.29 is 4.74 Å². The van der Waals surface area contributed by atoms with Gasteiger partial charge in [0.15, 0.2) is 0 Å². The molecule has 0 heterocycles. The Morgan fingerprint density at radius 3 is 2.56 bits per heavy atom. The van der Waals surface area contributed by atoms with Crippen LogP contribution in [0.25, 0.3) is 0 Å². The zero-order valence-corrected chi connectivity index (χ0v) is 10.9. The van der Waals surface area contributed by atoms with E-state index >= 15 is 0 Å². The molecule has 1 N–H and O–H groups in total. The Bertz CT molecular complexity index is 334. The lowest BCUT2D eigenvalue weighted by Gasteiger charge is -2.12. The van der Waals surface area contributed by atoms with E-state index in [1.807, 2.05) is 0 Å². The highest BCUT2D eigenvalue weighted by Crippen LogP contribution is 2.22. The van der Waals surface area contributed by atoms with Crippen molar-refractivity contribution in [1.82, 2.24) is 5.32 Å². The Labute approximate surface area is 99.0 Å². The molecule has 0 unspecified atom stereocenters. The van der Waals surface area contributed by atoms with Crippen molar-refractivity contribution in [2.24, 2.45) is 0 Å². The Kier molecular flexibility index (Phi) is 5.33. The van der Waals surface area contributed by atoms with Crippen molar-refractivity contribution >= 4 is 0 Å². The van der Waals surface area contributed by atoms with Crippen LogP contribution in [0.2, 0.25) is 0 Å². The van der Waals surface area contributed by atoms with Crippen molar-refractivity contribution in [3.8, 4) is 5.75 Å². The van der Waals surface area contributed by atoms with Crippen LogP contribution >= 0.6 is 0 Å². The highest BCUT2D eigenvalue weighted by Gasteiger charge is 2.04. The van der Waals surface area contributed by atoms with E-state index in [-0.39, 0.29) is 0 Å². The summed E-state index contributed by atoms with van der Waals surface area (Å²) in [5.41, 5.74) is 3.88. The maximum atomic E-state index is 5.30. The predicted molar refractivity (Wildman–Crippen MR) is 69.1 cm³/mol. The molecule has 16 heavy (non-hydrogen) atoms. The molecule has 0 saturated heterocycles. The number of aryl methyl sites for hydroxylation is 2. The fraction of sp³-hybridized carbons (Fsp3) is 0.571. The van der Waals surface area contributed by atoms with Gasteiger partial charge in [-0.1, -0.05) is 19.4 Å². The summed E-state index contributed by atoms with van der Waals surface area (Å²) >= 11 is 0. The Hall–Kier alpha value is -1.02. The fourth-order valence-electron chi connectivity index (χ4n) is 1.78. The summed E-state index contributed by atoms with van der Waals surface area (Å²) in [6, 6.07) is 4.33. The summed E-state index contributed by atoms with van der Waals surface area (Å²) in [4.78, 5) is 0. The molecule has 90 valence electrons. The summed E-state index contributed by atoms with van der Waals surface area (Å²) in [5.74, 6) is 0.981. The molecule has 1 rings (SSSR count). The van der Waals surface area contributed by atoms with E-state index < -0.39 is 0 Å². The van der Waals surface area contributed by atoms with E-state index in [0.29, 0.717) is 0 Å². The van der Waals surface area contributed by atoms with Crippen LogP contribution in [0.3, 0.4) is 0 Å². The smallest absolute Gasteiger partial charge is 0.122 e. The van der Waals surface area contributed by atoms with Gasteiger partial charge in [0.2, 0.25) is 0 Å². The molecule has 2 heteroatoms. The van der Waals surface area contributed by atoms with Gasteiger partial charge in [0.1, 0.15) is 5.75 Å². The summed E-state index contributed by atoms with van der Waals surface area (Å²) in [7, 11) is 1.72. The molecule has 0 aliphatic carbocycles. The summed E-state index contributed by atoms with van der Waals surface area (Å²) in [6.45, 7) is 8.49. The van der Waals surface area contributed by atoms with Crippen LogP contribution in [0.5, 0.6) is 5.75 Å². The molecule has 0 fully saturated rings. The third-order valence-corrected chi connectivity index (χ3v) is 2.88. The summed E-state index contributed by atoms with van der Waals surface area (Å²) in [5, 5.41) is 3.47. The Balaban J connectivity index is 2.63. The van der Waals surface area contributed by atoms with Gasteiger partial charge >= 0.3 is 0 Å². The molecular weight excluding hydrogens is 198 g/mol. The van der Waals surface area contributed by atoms with Crippen LogP contribution in [-0.2, 0) is 6.54 Å². The first-order valence-electron chi connectivity index (χ1n) is 6.03. The van der Waals surface area contributed by atoms with Crippen molar-refractivity contribution in [1.29, 1.82) is 0 Å². The van der Waals surface area contributed by atoms with Gasteiger partial charge in [-0.05, 0) is 49.6 Å². The van der Waals surface area contributed by atoms with Gasteiger partial charge in [-0.15, -0.1) is 0 Å². The molecule has 0 radical (unpaired) electrons. The molecular formula is C14H23NO. The zero-order chi connectivity index (χ0) is 12.0. The van der Waals surface area contributed by atoms with Gasteiger partial charge in [0.05, 0.1) is 7.11 Å². The highest BCUT2D eigenvalue weighted by atomic mass is 16.5. The molecule has 0 aliphatic heterocycles. The number of benzene rings is 1. The van der Waals surface area contributed by atoms with Crippen molar-refractivity contribution in [2.45, 2.75) is 40.2 Å². The standard InChI is InChI=1S/C14H23NO/c1-5-6-7-15-10-13-8-12(3)14(16-4)9-11(13)2/h8-9,15H,5-7,10H2,1-4H3. The average molecular weight is 221 g/mol. The second-order valence-electron chi connectivity index (χ2n) is 4.28. The molecule has 2 nitrogen and oxygen atoms in total. The zero-order valence-electron chi connectivity index (χ0n) is 10.9. The first kappa shape index (κ1) is 13.0. The molecule has 1 aromatic carbocycles. The number of unbranched alkanes of at least 4 members (excludes halogenated alkanes) is 1. The van der Waals surface area contributed by atoms with Crippen molar-refractivity contribution in [3.05, 3.63) is 28.8 Å². The number of methoxy groups -OCH3 is 1. The monoisotopic (exact) mass is 221 g/mol. The topological polar surface area (TPSA) is 21.3 Å². The second-order valence-corrected chi connectivity index (χ2v) is 4.28. The van der Waals surface area contributed by atoms with Gasteiger partial charge in [0, 0.05) is 6.54 Å². The molecule has 0 aliphatic rings. The van der Waals surface area contributed by atoms with E-state index in [1.54, 1.807) is 7.11 Å². The maximum absolute atomic E-state index is 5.30. The van der Waals surface area contributed by atoms with Crippen molar-refractivity contribution in [3.63, 3.8) is 0 Å². The van der Waals surface area contributed by atoms with Gasteiger partial charge in [-0.3, -0.25) is 0 Å². The second kappa shape index (κ2) is 6.54. The van der Waals surface area contributed by atoms with Crippen molar-refractivity contribution in [2.75, 3.05) is 13.7 Å². The third kappa shape index (κ3) is 3.53. The molecule has 1 aromatic rings. The largest absolute Gasteiger partial charge is 0.496 e. The van der Waals surface area contributed by atoms with Crippen LogP contribution in [0, 0.1) is 13.8 Å². The number of rotatable bonds is 6. The third-order valence-electron chi connectivity index (χ3n) is 2.88. The lowest BCUT2D eigenvalue weighted by molar-refractivity contribution is 0.411. The number of hydrogen-bond donors (Lipinski definition) is 1. The predicted octanol–water partition coefficient (Wildman–Crippen LogP) is 3.20. The Morgan fingerprint density at radius 2 is 1.94 bits per heavy atom. The van der Waals surface area contributed by atoms with E-state index in [0.717, 1.165) is 18.8 Å². The van der Waals surface area contributed by atoms with E-state index in [2.05, 4.69) is 38.2 Å². The molecule has 0 saturated carbocycles. The minimum absolute atomic E-state index is 0.955. The lowest BCUT2D eigenvalue weighted by atomic mass is 10.0. The van der Waals surface area contributed by atoms with E-state index in [4.69, 9.17) is 4.74 Å². The molecule has 0 spiro atoms. The molecule has 0 atom stereocenters. The van der Waals surface area contributed by atoms with Crippen LogP contribution < -0.4 is 10.1 Å². The Morgan fingerprint density at radius 1 is 1.19 bits per heavy atom. The minimum Gasteiger partial charge on any atom is -0.496 e.